The molecule has 0 aliphatic carbocycles. The minimum absolute atomic E-state index is 0.523. The summed E-state index contributed by atoms with van der Waals surface area (Å²) >= 11 is 5.30. The molecular weight excluding hydrogens is 801 g/mol. The molecule has 0 aliphatic rings. The molecule has 4 aromatic carbocycles. The Balaban J connectivity index is 0.000000913. The molecule has 0 unspecified atom stereocenters. The number of hydrogen-bond donors (Lipinski definition) is 0. The SMILES string of the molecule is CN(CCCN(C)Cc1cccc2ccccc12)Cc1cccc2ccccc12.[I][Pt+2][I]. The van der Waals surface area contributed by atoms with Gasteiger partial charge in [-0.3, -0.25) is 0 Å². The number of rotatable bonds is 8. The summed E-state index contributed by atoms with van der Waals surface area (Å²) in [7, 11) is 4.46. The molecule has 0 bridgehead atoms. The summed E-state index contributed by atoms with van der Waals surface area (Å²) in [5, 5.41) is 5.39. The number of halogens is 2. The van der Waals surface area contributed by atoms with Crippen LogP contribution < -0.4 is 0 Å². The molecule has 0 radical (unpaired) electrons. The zero-order valence-electron chi connectivity index (χ0n) is 18.6. The molecule has 32 heavy (non-hydrogen) atoms. The number of hydrogen-bond acceptors (Lipinski definition) is 2. The van der Waals surface area contributed by atoms with Crippen molar-refractivity contribution in [1.29, 1.82) is 0 Å². The fraction of sp³-hybridized carbons (Fsp3) is 0.259. The van der Waals surface area contributed by atoms with E-state index >= 15 is 0 Å². The Labute approximate surface area is 221 Å². The first kappa shape index (κ1) is 26.1. The van der Waals surface area contributed by atoms with Gasteiger partial charge in [-0.2, -0.15) is 0 Å². The van der Waals surface area contributed by atoms with Gasteiger partial charge in [0.2, 0.25) is 0 Å². The quantitative estimate of drug-likeness (QED) is 0.168. The van der Waals surface area contributed by atoms with Crippen molar-refractivity contribution in [1.82, 2.24) is 9.80 Å². The molecule has 2 nitrogen and oxygen atoms in total. The average molecular weight is 831 g/mol. The Morgan fingerprint density at radius 1 is 0.594 bits per heavy atom. The van der Waals surface area contributed by atoms with Crippen molar-refractivity contribution in [2.75, 3.05) is 27.2 Å². The Bertz CT molecular complexity index is 1020. The van der Waals surface area contributed by atoms with Gasteiger partial charge in [0.15, 0.2) is 0 Å². The van der Waals surface area contributed by atoms with E-state index in [0.29, 0.717) is 11.2 Å². The minimum atomic E-state index is 0.523. The van der Waals surface area contributed by atoms with Crippen LogP contribution in [0.2, 0.25) is 0 Å². The maximum absolute atomic E-state index is 2.44. The van der Waals surface area contributed by atoms with E-state index in [0.717, 1.165) is 26.2 Å². The van der Waals surface area contributed by atoms with Crippen LogP contribution in [0.15, 0.2) is 84.9 Å². The van der Waals surface area contributed by atoms with Crippen molar-refractivity contribution in [3.63, 3.8) is 0 Å². The normalized spacial score (nSPS) is 11.3. The van der Waals surface area contributed by atoms with Gasteiger partial charge >= 0.3 is 49.9 Å². The van der Waals surface area contributed by atoms with E-state index in [4.69, 9.17) is 0 Å². The van der Waals surface area contributed by atoms with E-state index < -0.39 is 0 Å². The van der Waals surface area contributed by atoms with E-state index in [1.165, 1.54) is 39.1 Å². The second-order valence-electron chi connectivity index (χ2n) is 8.15. The van der Waals surface area contributed by atoms with Gasteiger partial charge in [0.25, 0.3) is 0 Å². The van der Waals surface area contributed by atoms with E-state index in [1.54, 1.807) is 0 Å². The van der Waals surface area contributed by atoms with Crippen LogP contribution in [0.3, 0.4) is 0 Å². The Morgan fingerprint density at radius 2 is 0.969 bits per heavy atom. The van der Waals surface area contributed by atoms with Gasteiger partial charge < -0.3 is 9.80 Å². The van der Waals surface area contributed by atoms with Crippen molar-refractivity contribution in [2.24, 2.45) is 0 Å². The molecule has 0 saturated heterocycles. The van der Waals surface area contributed by atoms with Gasteiger partial charge in [0.1, 0.15) is 0 Å². The first-order valence-corrected chi connectivity index (χ1v) is 23.6. The third-order valence-corrected chi connectivity index (χ3v) is 5.72. The standard InChI is InChI=1S/C27H30N2.2HI.Pt/c1-28(20-24-14-7-12-22-10-3-5-16-26(22)24)18-9-19-29(2)21-25-15-8-13-23-11-4-6-17-27(23)25;;;/h3-8,10-17H,9,18-21H2,1-2H3;2*1H;/q;;;+4/p-2. The summed E-state index contributed by atoms with van der Waals surface area (Å²) in [5.74, 6) is 0. The summed E-state index contributed by atoms with van der Waals surface area (Å²) in [5.41, 5.74) is 2.82. The second-order valence-corrected chi connectivity index (χ2v) is 24.7. The van der Waals surface area contributed by atoms with Crippen LogP contribution in [0.4, 0.5) is 0 Å². The van der Waals surface area contributed by atoms with Gasteiger partial charge in [-0.05, 0) is 66.3 Å². The van der Waals surface area contributed by atoms with E-state index in [1.807, 2.05) is 0 Å². The molecule has 0 N–H and O–H groups in total. The molecule has 0 amide bonds. The molecule has 0 atom stereocenters. The van der Waals surface area contributed by atoms with Crippen molar-refractivity contribution in [2.45, 2.75) is 19.5 Å². The molecule has 4 rings (SSSR count). The predicted octanol–water partition coefficient (Wildman–Crippen LogP) is 7.72. The van der Waals surface area contributed by atoms with Crippen LogP contribution >= 0.6 is 38.7 Å². The van der Waals surface area contributed by atoms with Gasteiger partial charge in [0.05, 0.1) is 0 Å². The molecule has 0 aliphatic heterocycles. The van der Waals surface area contributed by atoms with Gasteiger partial charge in [0, 0.05) is 13.1 Å². The Kier molecular flexibility index (Phi) is 11.4. The first-order valence-electron chi connectivity index (χ1n) is 10.7. The van der Waals surface area contributed by atoms with Crippen LogP contribution in [0, 0.1) is 0 Å². The monoisotopic (exact) mass is 831 g/mol. The molecule has 4 aromatic rings. The van der Waals surface area contributed by atoms with Crippen LogP contribution in [-0.4, -0.2) is 37.0 Å². The summed E-state index contributed by atoms with van der Waals surface area (Å²) in [4.78, 5) is 4.88. The molecule has 170 valence electrons. The van der Waals surface area contributed by atoms with Crippen LogP contribution in [-0.2, 0) is 24.3 Å². The van der Waals surface area contributed by atoms with Crippen LogP contribution in [0.1, 0.15) is 17.5 Å². The summed E-state index contributed by atoms with van der Waals surface area (Å²) < 4.78 is 0. The molecule has 0 heterocycles. The Hall–Kier alpha value is -0.532. The van der Waals surface area contributed by atoms with E-state index in [2.05, 4.69) is 148 Å². The van der Waals surface area contributed by atoms with Gasteiger partial charge in [-0.15, -0.1) is 0 Å². The van der Waals surface area contributed by atoms with Crippen molar-refractivity contribution in [3.8, 4) is 0 Å². The van der Waals surface area contributed by atoms with Gasteiger partial charge in [-0.25, -0.2) is 0 Å². The zero-order valence-corrected chi connectivity index (χ0v) is 25.2. The van der Waals surface area contributed by atoms with Crippen LogP contribution in [0.25, 0.3) is 21.5 Å². The van der Waals surface area contributed by atoms with Crippen molar-refractivity contribution >= 4 is 60.3 Å². The van der Waals surface area contributed by atoms with Crippen molar-refractivity contribution < 1.29 is 11.2 Å². The summed E-state index contributed by atoms with van der Waals surface area (Å²) in [6.07, 6.45) is 1.17. The molecule has 5 heteroatoms. The molecule has 0 aromatic heterocycles. The molecule has 0 spiro atoms. The third-order valence-electron chi connectivity index (χ3n) is 5.72. The number of benzene rings is 4. The maximum atomic E-state index is 2.44. The topological polar surface area (TPSA) is 6.48 Å². The summed E-state index contributed by atoms with van der Waals surface area (Å²) in [6, 6.07) is 30.6. The third kappa shape index (κ3) is 7.76. The Morgan fingerprint density at radius 3 is 1.41 bits per heavy atom. The number of fused-ring (bicyclic) bond motifs is 2. The van der Waals surface area contributed by atoms with Gasteiger partial charge in [-0.1, -0.05) is 84.9 Å². The fourth-order valence-electron chi connectivity index (χ4n) is 4.21. The molecule has 0 fully saturated rings. The molecular formula is C27H30I2N2Pt+2. The first-order chi connectivity index (χ1) is 15.6. The average Bonchev–Trinajstić information content (AvgIpc) is 2.80. The zero-order chi connectivity index (χ0) is 22.8. The second kappa shape index (κ2) is 14.0. The fourth-order valence-corrected chi connectivity index (χ4v) is 4.21. The molecule has 0 saturated carbocycles. The summed E-state index contributed by atoms with van der Waals surface area (Å²) in [6.45, 7) is 4.19. The van der Waals surface area contributed by atoms with E-state index in [-0.39, 0.29) is 0 Å². The van der Waals surface area contributed by atoms with E-state index in [9.17, 15) is 0 Å². The van der Waals surface area contributed by atoms with Crippen LogP contribution in [0.5, 0.6) is 0 Å². The van der Waals surface area contributed by atoms with Crippen molar-refractivity contribution in [3.05, 3.63) is 96.1 Å². The predicted molar refractivity (Wildman–Crippen MR) is 153 cm³/mol. The number of nitrogens with zero attached hydrogens (tertiary/aromatic N) is 2.